The molecule has 204 valence electrons. The van der Waals surface area contributed by atoms with Gasteiger partial charge in [-0.05, 0) is 60.1 Å². The van der Waals surface area contributed by atoms with E-state index < -0.39 is 36.3 Å². The van der Waals surface area contributed by atoms with E-state index >= 15 is 0 Å². The molecule has 1 aliphatic carbocycles. The molecule has 6 atom stereocenters. The molecular formula is C37H32O4. The van der Waals surface area contributed by atoms with E-state index in [4.69, 9.17) is 0 Å². The summed E-state index contributed by atoms with van der Waals surface area (Å²) in [6, 6.07) is 39.6. The number of hydrogen-bond acceptors (Lipinski definition) is 4. The second-order valence-electron chi connectivity index (χ2n) is 11.3. The van der Waals surface area contributed by atoms with Crippen LogP contribution < -0.4 is 0 Å². The fourth-order valence-electron chi connectivity index (χ4n) is 6.92. The number of rotatable bonds is 3. The molecule has 6 aromatic rings. The molecule has 6 unspecified atom stereocenters. The highest BCUT2D eigenvalue weighted by Gasteiger charge is 2.48. The van der Waals surface area contributed by atoms with Crippen LogP contribution in [-0.2, 0) is 0 Å². The van der Waals surface area contributed by atoms with Gasteiger partial charge in [0.15, 0.2) is 0 Å². The molecule has 41 heavy (non-hydrogen) atoms. The Morgan fingerprint density at radius 1 is 0.439 bits per heavy atom. The van der Waals surface area contributed by atoms with Crippen molar-refractivity contribution in [2.75, 3.05) is 0 Å². The summed E-state index contributed by atoms with van der Waals surface area (Å²) in [5, 5.41) is 50.0. The van der Waals surface area contributed by atoms with Gasteiger partial charge in [-0.15, -0.1) is 0 Å². The molecule has 4 heteroatoms. The van der Waals surface area contributed by atoms with Gasteiger partial charge >= 0.3 is 0 Å². The highest BCUT2D eigenvalue weighted by Crippen LogP contribution is 2.47. The molecule has 7 rings (SSSR count). The lowest BCUT2D eigenvalue weighted by Crippen LogP contribution is -2.56. The van der Waals surface area contributed by atoms with Gasteiger partial charge < -0.3 is 20.4 Å². The molecule has 0 bridgehead atoms. The monoisotopic (exact) mass is 540 g/mol. The van der Waals surface area contributed by atoms with Crippen LogP contribution in [0.5, 0.6) is 0 Å². The Morgan fingerprint density at radius 2 is 0.951 bits per heavy atom. The Morgan fingerprint density at radius 3 is 1.59 bits per heavy atom. The second-order valence-corrected chi connectivity index (χ2v) is 11.3. The number of benzene rings is 6. The Balaban J connectivity index is 1.44. The molecule has 4 N–H and O–H groups in total. The SMILES string of the molecule is CC1C(O)C(O)C(O)C(c2c3ccccc3c(-c3ccc(-c4cccc5ccccc45)cc3)c3ccccc23)C1O. The average molecular weight is 541 g/mol. The van der Waals surface area contributed by atoms with E-state index in [9.17, 15) is 20.4 Å². The molecule has 0 heterocycles. The minimum Gasteiger partial charge on any atom is -0.392 e. The van der Waals surface area contributed by atoms with Crippen LogP contribution in [-0.4, -0.2) is 44.8 Å². The number of aliphatic hydroxyl groups excluding tert-OH is 4. The van der Waals surface area contributed by atoms with Gasteiger partial charge in [0.25, 0.3) is 0 Å². The Bertz CT molecular complexity index is 1820. The van der Waals surface area contributed by atoms with Crippen LogP contribution in [0.25, 0.3) is 54.6 Å². The zero-order valence-electron chi connectivity index (χ0n) is 22.7. The maximum absolute atomic E-state index is 11.3. The van der Waals surface area contributed by atoms with Crippen LogP contribution >= 0.6 is 0 Å². The standard InChI is InChI=1S/C37H32O4/c1-21-34(38)33(36(40)37(41)35(21)39)32-29-14-6-4-12-27(29)31(28-13-5-7-15-30(28)32)24-19-17-23(18-20-24)26-16-8-10-22-9-2-3-11-25(22)26/h2-21,33-41H,1H3. The lowest BCUT2D eigenvalue weighted by molar-refractivity contribution is -0.156. The highest BCUT2D eigenvalue weighted by atomic mass is 16.4. The van der Waals surface area contributed by atoms with Crippen LogP contribution in [0.2, 0.25) is 0 Å². The minimum atomic E-state index is -1.35. The van der Waals surface area contributed by atoms with E-state index in [1.165, 1.54) is 16.3 Å². The quantitative estimate of drug-likeness (QED) is 0.189. The smallest absolute Gasteiger partial charge is 0.107 e. The maximum Gasteiger partial charge on any atom is 0.107 e. The van der Waals surface area contributed by atoms with Crippen LogP contribution in [0.4, 0.5) is 0 Å². The van der Waals surface area contributed by atoms with Crippen molar-refractivity contribution in [3.63, 3.8) is 0 Å². The van der Waals surface area contributed by atoms with Gasteiger partial charge in [0, 0.05) is 11.8 Å². The molecule has 0 aliphatic heterocycles. The Labute approximate surface area is 238 Å². The zero-order valence-corrected chi connectivity index (χ0v) is 22.7. The predicted octanol–water partition coefficient (Wildman–Crippen LogP) is 6.66. The van der Waals surface area contributed by atoms with Gasteiger partial charge in [-0.3, -0.25) is 0 Å². The molecule has 6 aromatic carbocycles. The van der Waals surface area contributed by atoms with Gasteiger partial charge in [-0.25, -0.2) is 0 Å². The van der Waals surface area contributed by atoms with Gasteiger partial charge in [0.2, 0.25) is 0 Å². The fourth-order valence-corrected chi connectivity index (χ4v) is 6.92. The van der Waals surface area contributed by atoms with Crippen molar-refractivity contribution < 1.29 is 20.4 Å². The first-order chi connectivity index (χ1) is 20.0. The number of hydrogen-bond donors (Lipinski definition) is 4. The summed E-state index contributed by atoms with van der Waals surface area (Å²) in [5.74, 6) is -1.36. The zero-order chi connectivity index (χ0) is 28.2. The third kappa shape index (κ3) is 4.06. The summed E-state index contributed by atoms with van der Waals surface area (Å²) < 4.78 is 0. The van der Waals surface area contributed by atoms with E-state index in [0.29, 0.717) is 0 Å². The normalized spacial score (nSPS) is 24.7. The summed E-state index contributed by atoms with van der Waals surface area (Å²) >= 11 is 0. The van der Waals surface area contributed by atoms with Crippen molar-refractivity contribution in [3.05, 3.63) is 121 Å². The van der Waals surface area contributed by atoms with Crippen molar-refractivity contribution in [2.45, 2.75) is 37.3 Å². The predicted molar refractivity (Wildman–Crippen MR) is 166 cm³/mol. The summed E-state index contributed by atoms with van der Waals surface area (Å²) in [6.45, 7) is 1.72. The van der Waals surface area contributed by atoms with Gasteiger partial charge in [0.05, 0.1) is 18.3 Å². The summed E-state index contributed by atoms with van der Waals surface area (Å²) in [6.07, 6.45) is -4.89. The van der Waals surface area contributed by atoms with Gasteiger partial charge in [-0.2, -0.15) is 0 Å². The van der Waals surface area contributed by atoms with Crippen LogP contribution in [0.3, 0.4) is 0 Å². The van der Waals surface area contributed by atoms with Crippen molar-refractivity contribution in [3.8, 4) is 22.3 Å². The fraction of sp³-hybridized carbons (Fsp3) is 0.189. The van der Waals surface area contributed by atoms with Gasteiger partial charge in [-0.1, -0.05) is 122 Å². The Kier molecular flexibility index (Phi) is 6.37. The second kappa shape index (κ2) is 10.1. The van der Waals surface area contributed by atoms with Crippen LogP contribution in [0.1, 0.15) is 18.4 Å². The van der Waals surface area contributed by atoms with E-state index in [-0.39, 0.29) is 0 Å². The Hall–Kier alpha value is -4.06. The maximum atomic E-state index is 11.3. The molecule has 0 saturated heterocycles. The molecule has 1 aliphatic rings. The van der Waals surface area contributed by atoms with E-state index in [1.807, 2.05) is 36.4 Å². The molecule has 1 saturated carbocycles. The molecule has 1 fully saturated rings. The molecular weight excluding hydrogens is 508 g/mol. The van der Waals surface area contributed by atoms with E-state index in [1.54, 1.807) is 6.92 Å². The molecule has 0 radical (unpaired) electrons. The average Bonchev–Trinajstić information content (AvgIpc) is 3.02. The first-order valence-corrected chi connectivity index (χ1v) is 14.2. The van der Waals surface area contributed by atoms with Crippen LogP contribution in [0.15, 0.2) is 115 Å². The molecule has 0 spiro atoms. The number of aliphatic hydroxyl groups is 4. The first kappa shape index (κ1) is 25.9. The molecule has 0 amide bonds. The largest absolute Gasteiger partial charge is 0.392 e. The van der Waals surface area contributed by atoms with Crippen molar-refractivity contribution >= 4 is 32.3 Å². The lowest BCUT2D eigenvalue weighted by atomic mass is 9.69. The van der Waals surface area contributed by atoms with Crippen LogP contribution in [0, 0.1) is 5.92 Å². The summed E-state index contributed by atoms with van der Waals surface area (Å²) in [4.78, 5) is 0. The van der Waals surface area contributed by atoms with Crippen molar-refractivity contribution in [1.29, 1.82) is 0 Å². The minimum absolute atomic E-state index is 0.600. The first-order valence-electron chi connectivity index (χ1n) is 14.2. The van der Waals surface area contributed by atoms with E-state index in [0.717, 1.165) is 43.8 Å². The van der Waals surface area contributed by atoms with Gasteiger partial charge in [0.1, 0.15) is 6.10 Å². The molecule has 0 aromatic heterocycles. The topological polar surface area (TPSA) is 80.9 Å². The lowest BCUT2D eigenvalue weighted by Gasteiger charge is -2.44. The number of fused-ring (bicyclic) bond motifs is 3. The molecule has 4 nitrogen and oxygen atoms in total. The van der Waals surface area contributed by atoms with Crippen molar-refractivity contribution in [1.82, 2.24) is 0 Å². The van der Waals surface area contributed by atoms with Crippen molar-refractivity contribution in [2.24, 2.45) is 5.92 Å². The van der Waals surface area contributed by atoms with E-state index in [2.05, 4.69) is 78.9 Å². The third-order valence-corrected chi connectivity index (χ3v) is 9.09. The summed E-state index contributed by atoms with van der Waals surface area (Å²) in [7, 11) is 0. The summed E-state index contributed by atoms with van der Waals surface area (Å²) in [5.41, 5.74) is 5.28. The third-order valence-electron chi connectivity index (χ3n) is 9.09. The highest BCUT2D eigenvalue weighted by molar-refractivity contribution is 6.15.